The van der Waals surface area contributed by atoms with Crippen molar-refractivity contribution in [2.75, 3.05) is 0 Å². The summed E-state index contributed by atoms with van der Waals surface area (Å²) in [6.07, 6.45) is 4.46. The molecule has 0 nitrogen and oxygen atoms in total. The number of rotatable bonds is 5. The van der Waals surface area contributed by atoms with Crippen molar-refractivity contribution in [2.24, 2.45) is 11.3 Å². The first-order valence-corrected chi connectivity index (χ1v) is 6.99. The predicted molar refractivity (Wildman–Crippen MR) is 64.9 cm³/mol. The zero-order valence-corrected chi connectivity index (χ0v) is 11.1. The fraction of sp³-hybridized carbons (Fsp3) is 1.00. The van der Waals surface area contributed by atoms with Crippen LogP contribution in [0.1, 0.15) is 71.6 Å². The molecule has 0 heterocycles. The van der Waals surface area contributed by atoms with Crippen LogP contribution in [0.5, 0.6) is 0 Å². The molecule has 1 rings (SSSR count). The van der Waals surface area contributed by atoms with Crippen LogP contribution in [0.15, 0.2) is 0 Å². The van der Waals surface area contributed by atoms with E-state index in [1.165, 1.54) is 6.92 Å². The lowest BCUT2D eigenvalue weighted by atomic mass is 9.63. The molecule has 1 aliphatic carbocycles. The van der Waals surface area contributed by atoms with Crippen LogP contribution in [0.2, 0.25) is 0 Å². The van der Waals surface area contributed by atoms with Crippen molar-refractivity contribution in [1.82, 2.24) is 0 Å². The molecule has 0 bridgehead atoms. The Morgan fingerprint density at radius 2 is 1.65 bits per heavy atom. The van der Waals surface area contributed by atoms with E-state index in [-0.39, 0.29) is 0 Å². The summed E-state index contributed by atoms with van der Waals surface area (Å²) >= 11 is 0. The highest BCUT2D eigenvalue weighted by atomic mass is 19.4. The van der Waals surface area contributed by atoms with Gasteiger partial charge in [0.2, 0.25) is 0 Å². The maximum Gasteiger partial charge on any atom is 0.392 e. The molecule has 1 aliphatic rings. The molecular formula is C14H25F3. The average Bonchev–Trinajstić information content (AvgIpc) is 2.28. The monoisotopic (exact) mass is 250 g/mol. The van der Waals surface area contributed by atoms with Crippen LogP contribution in [0.25, 0.3) is 0 Å². The molecule has 0 aromatic rings. The lowest BCUT2D eigenvalue weighted by Crippen LogP contribution is -2.40. The third kappa shape index (κ3) is 3.89. The maximum atomic E-state index is 13.0. The van der Waals surface area contributed by atoms with E-state index in [1.807, 2.05) is 0 Å². The Morgan fingerprint density at radius 3 is 2.12 bits per heavy atom. The van der Waals surface area contributed by atoms with Gasteiger partial charge < -0.3 is 0 Å². The van der Waals surface area contributed by atoms with Crippen molar-refractivity contribution < 1.29 is 13.2 Å². The van der Waals surface area contributed by atoms with E-state index < -0.39 is 17.5 Å². The normalized spacial score (nSPS) is 22.4. The highest BCUT2D eigenvalue weighted by Crippen LogP contribution is 2.51. The molecule has 1 saturated carbocycles. The molecule has 1 fully saturated rings. The molecule has 0 aliphatic heterocycles. The van der Waals surface area contributed by atoms with Gasteiger partial charge in [-0.15, -0.1) is 0 Å². The molecule has 0 saturated heterocycles. The van der Waals surface area contributed by atoms with Gasteiger partial charge in [-0.1, -0.05) is 52.4 Å². The summed E-state index contributed by atoms with van der Waals surface area (Å²) in [6.45, 7) is 3.50. The van der Waals surface area contributed by atoms with Crippen molar-refractivity contribution in [3.8, 4) is 0 Å². The van der Waals surface area contributed by atoms with Crippen LogP contribution < -0.4 is 0 Å². The maximum absolute atomic E-state index is 13.0. The van der Waals surface area contributed by atoms with E-state index in [0.29, 0.717) is 0 Å². The van der Waals surface area contributed by atoms with E-state index >= 15 is 0 Å². The summed E-state index contributed by atoms with van der Waals surface area (Å²) in [4.78, 5) is 0. The molecule has 0 spiro atoms. The fourth-order valence-electron chi connectivity index (χ4n) is 3.23. The molecule has 1 unspecified atom stereocenters. The molecular weight excluding hydrogens is 225 g/mol. The summed E-state index contributed by atoms with van der Waals surface area (Å²) < 4.78 is 39.0. The van der Waals surface area contributed by atoms with Gasteiger partial charge in [0.05, 0.1) is 5.92 Å². The van der Waals surface area contributed by atoms with E-state index in [0.717, 1.165) is 57.8 Å². The van der Waals surface area contributed by atoms with Gasteiger partial charge in [0, 0.05) is 0 Å². The summed E-state index contributed by atoms with van der Waals surface area (Å²) in [7, 11) is 0. The number of alkyl halides is 3. The fourth-order valence-corrected chi connectivity index (χ4v) is 3.23. The Balaban J connectivity index is 2.70. The van der Waals surface area contributed by atoms with Gasteiger partial charge in [-0.3, -0.25) is 0 Å². The van der Waals surface area contributed by atoms with Crippen molar-refractivity contribution >= 4 is 0 Å². The van der Waals surface area contributed by atoms with Crippen LogP contribution in [0, 0.1) is 11.3 Å². The quantitative estimate of drug-likeness (QED) is 0.548. The Morgan fingerprint density at radius 1 is 1.06 bits per heavy atom. The molecule has 1 atom stereocenters. The van der Waals surface area contributed by atoms with E-state index in [2.05, 4.69) is 6.92 Å². The van der Waals surface area contributed by atoms with Gasteiger partial charge in [-0.25, -0.2) is 0 Å². The third-order valence-electron chi connectivity index (χ3n) is 4.54. The van der Waals surface area contributed by atoms with Gasteiger partial charge in [0.1, 0.15) is 0 Å². The minimum Gasteiger partial charge on any atom is -0.171 e. The van der Waals surface area contributed by atoms with Gasteiger partial charge in [0.25, 0.3) is 0 Å². The second kappa shape index (κ2) is 6.10. The van der Waals surface area contributed by atoms with Crippen LogP contribution in [-0.2, 0) is 0 Å². The summed E-state index contributed by atoms with van der Waals surface area (Å²) in [5.41, 5.74) is -0.453. The van der Waals surface area contributed by atoms with Crippen molar-refractivity contribution in [2.45, 2.75) is 77.8 Å². The highest BCUT2D eigenvalue weighted by Gasteiger charge is 2.50. The van der Waals surface area contributed by atoms with Crippen LogP contribution in [0.3, 0.4) is 0 Å². The lowest BCUT2D eigenvalue weighted by Gasteiger charge is -2.43. The van der Waals surface area contributed by atoms with Crippen molar-refractivity contribution in [3.05, 3.63) is 0 Å². The number of hydrogen-bond donors (Lipinski definition) is 0. The van der Waals surface area contributed by atoms with Crippen LogP contribution >= 0.6 is 0 Å². The van der Waals surface area contributed by atoms with Gasteiger partial charge >= 0.3 is 6.18 Å². The minimum atomic E-state index is -4.02. The molecule has 102 valence electrons. The first kappa shape index (κ1) is 14.8. The van der Waals surface area contributed by atoms with Gasteiger partial charge in [-0.2, -0.15) is 13.2 Å². The minimum absolute atomic E-state index is 0.453. The van der Waals surface area contributed by atoms with Crippen LogP contribution in [0.4, 0.5) is 13.2 Å². The summed E-state index contributed by atoms with van der Waals surface area (Å²) in [5, 5.41) is 0. The lowest BCUT2D eigenvalue weighted by molar-refractivity contribution is -0.208. The molecule has 0 N–H and O–H groups in total. The summed E-state index contributed by atoms with van der Waals surface area (Å²) in [6, 6.07) is 0. The summed E-state index contributed by atoms with van der Waals surface area (Å²) in [5.74, 6) is -1.13. The molecule has 0 amide bonds. The van der Waals surface area contributed by atoms with Crippen molar-refractivity contribution in [3.63, 3.8) is 0 Å². The second-order valence-corrected chi connectivity index (χ2v) is 5.64. The Bertz CT molecular complexity index is 214. The van der Waals surface area contributed by atoms with E-state index in [1.54, 1.807) is 0 Å². The van der Waals surface area contributed by atoms with Crippen molar-refractivity contribution in [1.29, 1.82) is 0 Å². The first-order chi connectivity index (χ1) is 7.92. The largest absolute Gasteiger partial charge is 0.392 e. The molecule has 3 heteroatoms. The SMILES string of the molecule is CCCCCC1(C(C)C(F)(F)F)CCCCC1. The van der Waals surface area contributed by atoms with Gasteiger partial charge in [-0.05, 0) is 24.7 Å². The van der Waals surface area contributed by atoms with E-state index in [9.17, 15) is 13.2 Å². The van der Waals surface area contributed by atoms with Crippen LogP contribution in [-0.4, -0.2) is 6.18 Å². The first-order valence-electron chi connectivity index (χ1n) is 6.99. The molecule has 0 radical (unpaired) electrons. The average molecular weight is 250 g/mol. The molecule has 0 aromatic heterocycles. The zero-order valence-electron chi connectivity index (χ0n) is 11.1. The zero-order chi connectivity index (χ0) is 12.9. The highest BCUT2D eigenvalue weighted by molar-refractivity contribution is 4.90. The predicted octanol–water partition coefficient (Wildman–Crippen LogP) is 5.72. The van der Waals surface area contributed by atoms with Gasteiger partial charge in [0.15, 0.2) is 0 Å². The Labute approximate surface area is 103 Å². The Kier molecular flexibility index (Phi) is 5.33. The molecule has 17 heavy (non-hydrogen) atoms. The standard InChI is InChI=1S/C14H25F3/c1-3-4-6-9-13(10-7-5-8-11-13)12(2)14(15,16)17/h12H,3-11H2,1-2H3. The topological polar surface area (TPSA) is 0 Å². The Hall–Kier alpha value is -0.210. The second-order valence-electron chi connectivity index (χ2n) is 5.64. The molecule has 0 aromatic carbocycles. The number of halogens is 3. The number of hydrogen-bond acceptors (Lipinski definition) is 0. The third-order valence-corrected chi connectivity index (χ3v) is 4.54. The number of unbranched alkanes of at least 4 members (excludes halogenated alkanes) is 2. The van der Waals surface area contributed by atoms with E-state index in [4.69, 9.17) is 0 Å². The smallest absolute Gasteiger partial charge is 0.171 e.